The predicted octanol–water partition coefficient (Wildman–Crippen LogP) is 3.51. The average molecular weight is 334 g/mol. The first-order chi connectivity index (χ1) is 11.5. The standard InChI is InChI=1S/C16H9F3N2O3/c17-10-6-4-9(5-7-10)15-20-13(24-21-15)8-23-16(22)14-11(18)2-1-3-12(14)19/h1-7H,8H2. The van der Waals surface area contributed by atoms with Crippen LogP contribution in [0.15, 0.2) is 47.0 Å². The summed E-state index contributed by atoms with van der Waals surface area (Å²) >= 11 is 0. The summed E-state index contributed by atoms with van der Waals surface area (Å²) in [6.07, 6.45) is 0. The molecule has 2 aromatic carbocycles. The van der Waals surface area contributed by atoms with Crippen LogP contribution in [-0.2, 0) is 11.3 Å². The second-order valence-corrected chi connectivity index (χ2v) is 4.69. The van der Waals surface area contributed by atoms with Crippen LogP contribution in [0.2, 0.25) is 0 Å². The van der Waals surface area contributed by atoms with E-state index in [2.05, 4.69) is 10.1 Å². The smallest absolute Gasteiger partial charge is 0.344 e. The maximum absolute atomic E-state index is 13.5. The average Bonchev–Trinajstić information content (AvgIpc) is 3.02. The molecule has 1 heterocycles. The molecule has 0 fully saturated rings. The van der Waals surface area contributed by atoms with Crippen LogP contribution in [-0.4, -0.2) is 16.1 Å². The van der Waals surface area contributed by atoms with E-state index in [4.69, 9.17) is 9.26 Å². The number of carbonyl (C=O) groups excluding carboxylic acids is 1. The Kier molecular flexibility index (Phi) is 4.28. The molecule has 0 amide bonds. The molecule has 3 aromatic rings. The van der Waals surface area contributed by atoms with Gasteiger partial charge in [-0.2, -0.15) is 4.98 Å². The van der Waals surface area contributed by atoms with Crippen molar-refractivity contribution in [3.8, 4) is 11.4 Å². The molecule has 24 heavy (non-hydrogen) atoms. The predicted molar refractivity (Wildman–Crippen MR) is 75.2 cm³/mol. The van der Waals surface area contributed by atoms with Gasteiger partial charge in [0.2, 0.25) is 5.82 Å². The monoisotopic (exact) mass is 334 g/mol. The highest BCUT2D eigenvalue weighted by Crippen LogP contribution is 2.17. The van der Waals surface area contributed by atoms with Crippen molar-refractivity contribution in [3.63, 3.8) is 0 Å². The van der Waals surface area contributed by atoms with Gasteiger partial charge in [0.05, 0.1) is 0 Å². The lowest BCUT2D eigenvalue weighted by atomic mass is 10.2. The Morgan fingerprint density at radius 2 is 1.71 bits per heavy atom. The molecule has 8 heteroatoms. The fraction of sp³-hybridized carbons (Fsp3) is 0.0625. The van der Waals surface area contributed by atoms with Crippen LogP contribution < -0.4 is 0 Å². The lowest BCUT2D eigenvalue weighted by Crippen LogP contribution is -2.10. The number of esters is 1. The third kappa shape index (κ3) is 3.27. The molecule has 0 aliphatic rings. The maximum Gasteiger partial charge on any atom is 0.344 e. The molecule has 5 nitrogen and oxygen atoms in total. The summed E-state index contributed by atoms with van der Waals surface area (Å²) < 4.78 is 49.4. The quantitative estimate of drug-likeness (QED) is 0.683. The largest absolute Gasteiger partial charge is 0.452 e. The molecule has 1 aromatic heterocycles. The number of hydrogen-bond acceptors (Lipinski definition) is 5. The van der Waals surface area contributed by atoms with Crippen molar-refractivity contribution in [2.45, 2.75) is 6.61 Å². The van der Waals surface area contributed by atoms with E-state index in [1.165, 1.54) is 24.3 Å². The van der Waals surface area contributed by atoms with Crippen molar-refractivity contribution in [3.05, 3.63) is 71.4 Å². The summed E-state index contributed by atoms with van der Waals surface area (Å²) in [6, 6.07) is 8.38. The molecule has 0 radical (unpaired) electrons. The van der Waals surface area contributed by atoms with Crippen LogP contribution in [0.1, 0.15) is 16.2 Å². The molecule has 0 aliphatic heterocycles. The van der Waals surface area contributed by atoms with Crippen LogP contribution in [0.5, 0.6) is 0 Å². The topological polar surface area (TPSA) is 65.2 Å². The summed E-state index contributed by atoms with van der Waals surface area (Å²) in [7, 11) is 0. The van der Waals surface area contributed by atoms with E-state index in [0.29, 0.717) is 5.56 Å². The molecule has 122 valence electrons. The fourth-order valence-electron chi connectivity index (χ4n) is 1.92. The normalized spacial score (nSPS) is 10.6. The van der Waals surface area contributed by atoms with Gasteiger partial charge >= 0.3 is 5.97 Å². The molecule has 0 saturated carbocycles. The first-order valence-corrected chi connectivity index (χ1v) is 6.74. The molecular weight excluding hydrogens is 325 g/mol. The molecule has 0 N–H and O–H groups in total. The van der Waals surface area contributed by atoms with Gasteiger partial charge in [-0.15, -0.1) is 0 Å². The zero-order chi connectivity index (χ0) is 17.1. The van der Waals surface area contributed by atoms with Gasteiger partial charge in [0.25, 0.3) is 5.89 Å². The lowest BCUT2D eigenvalue weighted by molar-refractivity contribution is 0.0418. The van der Waals surface area contributed by atoms with Crippen molar-refractivity contribution in [1.29, 1.82) is 0 Å². The fourth-order valence-corrected chi connectivity index (χ4v) is 1.92. The zero-order valence-corrected chi connectivity index (χ0v) is 12.0. The van der Waals surface area contributed by atoms with Crippen LogP contribution in [0.3, 0.4) is 0 Å². The van der Waals surface area contributed by atoms with Crippen molar-refractivity contribution in [1.82, 2.24) is 10.1 Å². The maximum atomic E-state index is 13.5. The summed E-state index contributed by atoms with van der Waals surface area (Å²) in [4.78, 5) is 15.7. The summed E-state index contributed by atoms with van der Waals surface area (Å²) in [6.45, 7) is -0.458. The number of carbonyl (C=O) groups is 1. The number of ether oxygens (including phenoxy) is 1. The number of rotatable bonds is 4. The van der Waals surface area contributed by atoms with Gasteiger partial charge in [-0.3, -0.25) is 0 Å². The molecule has 0 aliphatic carbocycles. The lowest BCUT2D eigenvalue weighted by Gasteiger charge is -2.04. The Bertz CT molecular complexity index is 858. The van der Waals surface area contributed by atoms with E-state index >= 15 is 0 Å². The van der Waals surface area contributed by atoms with Gasteiger partial charge < -0.3 is 9.26 Å². The summed E-state index contributed by atoms with van der Waals surface area (Å²) in [5, 5.41) is 3.65. The Morgan fingerprint density at radius 3 is 2.38 bits per heavy atom. The van der Waals surface area contributed by atoms with E-state index in [1.54, 1.807) is 0 Å². The molecule has 0 unspecified atom stereocenters. The Hall–Kier alpha value is -3.16. The molecule has 3 rings (SSSR count). The third-order valence-electron chi connectivity index (χ3n) is 3.06. The second kappa shape index (κ2) is 6.53. The highest BCUT2D eigenvalue weighted by Gasteiger charge is 2.19. The number of nitrogens with zero attached hydrogens (tertiary/aromatic N) is 2. The van der Waals surface area contributed by atoms with Gasteiger partial charge in [0.1, 0.15) is 23.0 Å². The Morgan fingerprint density at radius 1 is 1.04 bits per heavy atom. The van der Waals surface area contributed by atoms with Gasteiger partial charge in [0, 0.05) is 5.56 Å². The minimum absolute atomic E-state index is 0.0700. The van der Waals surface area contributed by atoms with E-state index in [1.807, 2.05) is 0 Å². The highest BCUT2D eigenvalue weighted by molar-refractivity contribution is 5.89. The number of hydrogen-bond donors (Lipinski definition) is 0. The van der Waals surface area contributed by atoms with E-state index in [0.717, 1.165) is 18.2 Å². The van der Waals surface area contributed by atoms with Gasteiger partial charge in [-0.25, -0.2) is 18.0 Å². The number of halogens is 3. The Labute approximate surface area is 133 Å². The third-order valence-corrected chi connectivity index (χ3v) is 3.06. The van der Waals surface area contributed by atoms with Crippen LogP contribution in [0, 0.1) is 17.5 Å². The molecule has 0 atom stereocenters. The minimum Gasteiger partial charge on any atom is -0.452 e. The van der Waals surface area contributed by atoms with E-state index < -0.39 is 35.6 Å². The van der Waals surface area contributed by atoms with Crippen molar-refractivity contribution in [2.75, 3.05) is 0 Å². The summed E-state index contributed by atoms with van der Waals surface area (Å²) in [5.74, 6) is -3.57. The van der Waals surface area contributed by atoms with E-state index in [9.17, 15) is 18.0 Å². The van der Waals surface area contributed by atoms with Crippen molar-refractivity contribution in [2.24, 2.45) is 0 Å². The summed E-state index contributed by atoms with van der Waals surface area (Å²) in [5.41, 5.74) is -0.298. The van der Waals surface area contributed by atoms with Crippen molar-refractivity contribution < 1.29 is 27.2 Å². The zero-order valence-electron chi connectivity index (χ0n) is 12.0. The van der Waals surface area contributed by atoms with Crippen LogP contribution >= 0.6 is 0 Å². The van der Waals surface area contributed by atoms with Gasteiger partial charge in [0.15, 0.2) is 6.61 Å². The number of aromatic nitrogens is 2. The highest BCUT2D eigenvalue weighted by atomic mass is 19.1. The van der Waals surface area contributed by atoms with E-state index in [-0.39, 0.29) is 11.7 Å². The van der Waals surface area contributed by atoms with Gasteiger partial charge in [-0.1, -0.05) is 11.2 Å². The number of benzene rings is 2. The van der Waals surface area contributed by atoms with Crippen LogP contribution in [0.25, 0.3) is 11.4 Å². The van der Waals surface area contributed by atoms with Gasteiger partial charge in [-0.05, 0) is 36.4 Å². The molecule has 0 bridgehead atoms. The molecule has 0 spiro atoms. The van der Waals surface area contributed by atoms with Crippen LogP contribution in [0.4, 0.5) is 13.2 Å². The first-order valence-electron chi connectivity index (χ1n) is 6.74. The molecular formula is C16H9F3N2O3. The first kappa shape index (κ1) is 15.7. The Balaban J connectivity index is 1.69. The SMILES string of the molecule is O=C(OCc1nc(-c2ccc(F)cc2)no1)c1c(F)cccc1F. The molecule has 0 saturated heterocycles. The minimum atomic E-state index is -1.19. The van der Waals surface area contributed by atoms with Crippen molar-refractivity contribution >= 4 is 5.97 Å². The second-order valence-electron chi connectivity index (χ2n) is 4.69.